The molecular formula is C16H18ClN3O. The Morgan fingerprint density at radius 1 is 1.29 bits per heavy atom. The van der Waals surface area contributed by atoms with E-state index in [0.29, 0.717) is 29.4 Å². The first-order chi connectivity index (χ1) is 10.0. The number of aromatic nitrogens is 1. The van der Waals surface area contributed by atoms with E-state index in [0.717, 1.165) is 11.4 Å². The van der Waals surface area contributed by atoms with Crippen LogP contribution < -0.4 is 5.73 Å². The summed E-state index contributed by atoms with van der Waals surface area (Å²) in [7, 11) is 0. The number of benzene rings is 1. The maximum absolute atomic E-state index is 12.6. The number of amides is 1. The van der Waals surface area contributed by atoms with Crippen molar-refractivity contribution in [2.75, 3.05) is 12.3 Å². The average molecular weight is 304 g/mol. The van der Waals surface area contributed by atoms with Crippen molar-refractivity contribution in [3.63, 3.8) is 0 Å². The first-order valence-electron chi connectivity index (χ1n) is 6.78. The molecule has 0 spiro atoms. The molecule has 110 valence electrons. The summed E-state index contributed by atoms with van der Waals surface area (Å²) in [5.74, 6) is -0.177. The van der Waals surface area contributed by atoms with E-state index in [1.54, 1.807) is 23.1 Å². The minimum absolute atomic E-state index is 0.177. The second-order valence-corrected chi connectivity index (χ2v) is 5.20. The Morgan fingerprint density at radius 3 is 2.62 bits per heavy atom. The predicted molar refractivity (Wildman–Crippen MR) is 85.3 cm³/mol. The third-order valence-electron chi connectivity index (χ3n) is 3.23. The second kappa shape index (κ2) is 6.59. The van der Waals surface area contributed by atoms with Crippen molar-refractivity contribution in [2.45, 2.75) is 20.4 Å². The van der Waals surface area contributed by atoms with E-state index in [4.69, 9.17) is 17.3 Å². The number of nitrogen functional groups attached to an aromatic ring is 1. The van der Waals surface area contributed by atoms with Crippen molar-refractivity contribution in [3.8, 4) is 0 Å². The summed E-state index contributed by atoms with van der Waals surface area (Å²) < 4.78 is 0. The van der Waals surface area contributed by atoms with Crippen LogP contribution in [-0.4, -0.2) is 22.3 Å². The van der Waals surface area contributed by atoms with Gasteiger partial charge >= 0.3 is 0 Å². The number of carbonyl (C=O) groups excluding carboxylic acids is 1. The van der Waals surface area contributed by atoms with Gasteiger partial charge in [0.15, 0.2) is 0 Å². The first-order valence-corrected chi connectivity index (χ1v) is 7.16. The minimum Gasteiger partial charge on any atom is -0.398 e. The van der Waals surface area contributed by atoms with Crippen LogP contribution in [0.1, 0.15) is 28.7 Å². The maximum Gasteiger partial charge on any atom is 0.257 e. The van der Waals surface area contributed by atoms with Crippen LogP contribution in [0.5, 0.6) is 0 Å². The molecule has 0 aliphatic carbocycles. The van der Waals surface area contributed by atoms with Gasteiger partial charge in [-0.25, -0.2) is 0 Å². The second-order valence-electron chi connectivity index (χ2n) is 4.79. The third kappa shape index (κ3) is 3.52. The molecule has 5 heteroatoms. The molecule has 0 aliphatic heterocycles. The van der Waals surface area contributed by atoms with E-state index in [1.165, 1.54) is 0 Å². The number of rotatable bonds is 4. The van der Waals surface area contributed by atoms with Crippen LogP contribution in [0, 0.1) is 6.92 Å². The fourth-order valence-corrected chi connectivity index (χ4v) is 2.40. The van der Waals surface area contributed by atoms with Gasteiger partial charge in [0.1, 0.15) is 0 Å². The Labute approximate surface area is 129 Å². The third-order valence-corrected chi connectivity index (χ3v) is 3.54. The molecule has 1 heterocycles. The average Bonchev–Trinajstić information content (AvgIpc) is 2.44. The number of aryl methyl sites for hydroxylation is 1. The zero-order valence-corrected chi connectivity index (χ0v) is 12.9. The van der Waals surface area contributed by atoms with Crippen LogP contribution in [0.15, 0.2) is 36.4 Å². The molecular weight excluding hydrogens is 286 g/mol. The van der Waals surface area contributed by atoms with Crippen molar-refractivity contribution in [2.24, 2.45) is 0 Å². The Hall–Kier alpha value is -2.07. The number of nitrogens with zero attached hydrogens (tertiary/aromatic N) is 2. The number of anilines is 1. The van der Waals surface area contributed by atoms with Gasteiger partial charge in [-0.3, -0.25) is 9.78 Å². The van der Waals surface area contributed by atoms with Gasteiger partial charge in [0.25, 0.3) is 5.91 Å². The monoisotopic (exact) mass is 303 g/mol. The van der Waals surface area contributed by atoms with Gasteiger partial charge in [0.2, 0.25) is 0 Å². The zero-order valence-electron chi connectivity index (χ0n) is 12.1. The van der Waals surface area contributed by atoms with Crippen molar-refractivity contribution in [1.29, 1.82) is 0 Å². The number of hydrogen-bond donors (Lipinski definition) is 1. The van der Waals surface area contributed by atoms with Crippen molar-refractivity contribution >= 4 is 23.2 Å². The summed E-state index contributed by atoms with van der Waals surface area (Å²) >= 11 is 6.11. The van der Waals surface area contributed by atoms with Gasteiger partial charge in [0.05, 0.1) is 22.8 Å². The number of pyridine rings is 1. The molecule has 0 saturated heterocycles. The Balaban J connectivity index is 2.27. The van der Waals surface area contributed by atoms with E-state index in [-0.39, 0.29) is 5.91 Å². The highest BCUT2D eigenvalue weighted by Crippen LogP contribution is 2.24. The lowest BCUT2D eigenvalue weighted by molar-refractivity contribution is 0.0752. The Kier molecular flexibility index (Phi) is 4.81. The van der Waals surface area contributed by atoms with Gasteiger partial charge in [0, 0.05) is 17.9 Å². The zero-order chi connectivity index (χ0) is 15.4. The number of nitrogens with two attached hydrogens (primary N) is 1. The largest absolute Gasteiger partial charge is 0.398 e. The highest BCUT2D eigenvalue weighted by Gasteiger charge is 2.20. The Morgan fingerprint density at radius 2 is 2.00 bits per heavy atom. The molecule has 2 rings (SSSR count). The summed E-state index contributed by atoms with van der Waals surface area (Å²) in [5, 5.41) is 0.371. The molecule has 1 amide bonds. The molecule has 21 heavy (non-hydrogen) atoms. The van der Waals surface area contributed by atoms with E-state index < -0.39 is 0 Å². The highest BCUT2D eigenvalue weighted by atomic mass is 35.5. The van der Waals surface area contributed by atoms with Crippen molar-refractivity contribution < 1.29 is 4.79 Å². The molecule has 2 aromatic rings. The van der Waals surface area contributed by atoms with Crippen LogP contribution in [-0.2, 0) is 6.54 Å². The molecule has 0 radical (unpaired) electrons. The minimum atomic E-state index is -0.177. The maximum atomic E-state index is 12.6. The molecule has 0 aliphatic rings. The van der Waals surface area contributed by atoms with Gasteiger partial charge in [-0.05, 0) is 38.1 Å². The molecule has 0 fully saturated rings. The van der Waals surface area contributed by atoms with Gasteiger partial charge in [-0.15, -0.1) is 0 Å². The molecule has 1 aromatic carbocycles. The predicted octanol–water partition coefficient (Wildman–Crippen LogP) is 3.29. The lowest BCUT2D eigenvalue weighted by atomic mass is 10.1. The lowest BCUT2D eigenvalue weighted by Crippen LogP contribution is -2.31. The molecule has 0 unspecified atom stereocenters. The van der Waals surface area contributed by atoms with Crippen molar-refractivity contribution in [3.05, 3.63) is 58.4 Å². The fraction of sp³-hybridized carbons (Fsp3) is 0.250. The molecule has 0 saturated carbocycles. The van der Waals surface area contributed by atoms with Crippen LogP contribution in [0.4, 0.5) is 5.69 Å². The molecule has 2 N–H and O–H groups in total. The summed E-state index contributed by atoms with van der Waals surface area (Å²) in [6.07, 6.45) is 0. The standard InChI is InChI=1S/C16H18ClN3O/c1-3-20(10-12-7-4-6-11(2)19-12)16(21)15-13(17)8-5-9-14(15)18/h4-9H,3,10,18H2,1-2H3. The lowest BCUT2D eigenvalue weighted by Gasteiger charge is -2.22. The molecule has 4 nitrogen and oxygen atoms in total. The summed E-state index contributed by atoms with van der Waals surface area (Å²) in [6, 6.07) is 10.8. The summed E-state index contributed by atoms with van der Waals surface area (Å²) in [4.78, 5) is 18.7. The number of halogens is 1. The number of carbonyl (C=O) groups is 1. The van der Waals surface area contributed by atoms with Gasteiger partial charge in [-0.1, -0.05) is 23.7 Å². The van der Waals surface area contributed by atoms with Gasteiger partial charge in [-0.2, -0.15) is 0 Å². The molecule has 0 atom stereocenters. The van der Waals surface area contributed by atoms with E-state index in [1.807, 2.05) is 32.0 Å². The molecule has 1 aromatic heterocycles. The number of hydrogen-bond acceptors (Lipinski definition) is 3. The first kappa shape index (κ1) is 15.3. The Bertz CT molecular complexity index is 637. The molecule has 0 bridgehead atoms. The van der Waals surface area contributed by atoms with Crippen LogP contribution in [0.3, 0.4) is 0 Å². The quantitative estimate of drug-likeness (QED) is 0.882. The van der Waals surface area contributed by atoms with Gasteiger partial charge < -0.3 is 10.6 Å². The summed E-state index contributed by atoms with van der Waals surface area (Å²) in [5.41, 5.74) is 8.40. The van der Waals surface area contributed by atoms with Crippen LogP contribution in [0.25, 0.3) is 0 Å². The van der Waals surface area contributed by atoms with Crippen molar-refractivity contribution in [1.82, 2.24) is 9.88 Å². The van der Waals surface area contributed by atoms with E-state index in [2.05, 4.69) is 4.98 Å². The fourth-order valence-electron chi connectivity index (χ4n) is 2.13. The smallest absolute Gasteiger partial charge is 0.257 e. The van der Waals surface area contributed by atoms with E-state index >= 15 is 0 Å². The van der Waals surface area contributed by atoms with Crippen LogP contribution >= 0.6 is 11.6 Å². The normalized spacial score (nSPS) is 10.4. The topological polar surface area (TPSA) is 59.2 Å². The SMILES string of the molecule is CCN(Cc1cccc(C)n1)C(=O)c1c(N)cccc1Cl. The summed E-state index contributed by atoms with van der Waals surface area (Å²) in [6.45, 7) is 4.83. The highest BCUT2D eigenvalue weighted by molar-refractivity contribution is 6.34. The van der Waals surface area contributed by atoms with Crippen LogP contribution in [0.2, 0.25) is 5.02 Å². The van der Waals surface area contributed by atoms with E-state index in [9.17, 15) is 4.79 Å².